The second kappa shape index (κ2) is 8.43. The van der Waals surface area contributed by atoms with Crippen molar-refractivity contribution < 1.29 is 24.4 Å². The van der Waals surface area contributed by atoms with Crippen LogP contribution >= 0.6 is 23.8 Å². The van der Waals surface area contributed by atoms with Crippen molar-refractivity contribution >= 4 is 52.2 Å². The van der Waals surface area contributed by atoms with Crippen LogP contribution in [0, 0.1) is 10.1 Å². The molecule has 27 heavy (non-hydrogen) atoms. The average Bonchev–Trinajstić information content (AvgIpc) is 2.62. The highest BCUT2D eigenvalue weighted by molar-refractivity contribution is 7.80. The number of nitro groups is 1. The van der Waals surface area contributed by atoms with Crippen LogP contribution in [-0.2, 0) is 0 Å². The van der Waals surface area contributed by atoms with Crippen LogP contribution in [0.5, 0.6) is 5.75 Å². The van der Waals surface area contributed by atoms with Gasteiger partial charge in [0.2, 0.25) is 0 Å². The molecule has 3 N–H and O–H groups in total. The number of carbonyl (C=O) groups is 2. The Morgan fingerprint density at radius 1 is 1.26 bits per heavy atom. The molecule has 0 saturated heterocycles. The molecule has 140 valence electrons. The van der Waals surface area contributed by atoms with Crippen molar-refractivity contribution in [1.82, 2.24) is 5.32 Å². The lowest BCUT2D eigenvalue weighted by molar-refractivity contribution is -0.385. The van der Waals surface area contributed by atoms with Crippen molar-refractivity contribution in [3.63, 3.8) is 0 Å². The third-order valence-corrected chi connectivity index (χ3v) is 3.85. The molecule has 0 aromatic heterocycles. The van der Waals surface area contributed by atoms with E-state index in [-0.39, 0.29) is 32.7 Å². The summed E-state index contributed by atoms with van der Waals surface area (Å²) in [6.45, 7) is 0. The molecule has 11 heteroatoms. The van der Waals surface area contributed by atoms with Gasteiger partial charge in [-0.05, 0) is 42.5 Å². The summed E-state index contributed by atoms with van der Waals surface area (Å²) in [6, 6.07) is 7.79. The van der Waals surface area contributed by atoms with Crippen LogP contribution in [0.4, 0.5) is 11.4 Å². The molecule has 0 radical (unpaired) electrons. The smallest absolute Gasteiger partial charge is 0.337 e. The van der Waals surface area contributed by atoms with Gasteiger partial charge in [0.1, 0.15) is 0 Å². The molecular weight excluding hydrogens is 398 g/mol. The second-order valence-electron chi connectivity index (χ2n) is 5.05. The van der Waals surface area contributed by atoms with Gasteiger partial charge in [0, 0.05) is 17.3 Å². The number of amides is 1. The van der Waals surface area contributed by atoms with Crippen molar-refractivity contribution in [3.8, 4) is 5.75 Å². The van der Waals surface area contributed by atoms with Crippen molar-refractivity contribution in [1.29, 1.82) is 0 Å². The van der Waals surface area contributed by atoms with Crippen LogP contribution in [0.2, 0.25) is 5.02 Å². The number of nitro benzene ring substituents is 1. The molecule has 9 nitrogen and oxygen atoms in total. The Balaban J connectivity index is 2.13. The second-order valence-corrected chi connectivity index (χ2v) is 5.87. The van der Waals surface area contributed by atoms with Gasteiger partial charge in [-0.1, -0.05) is 11.6 Å². The average molecular weight is 410 g/mol. The van der Waals surface area contributed by atoms with Crippen LogP contribution in [-0.4, -0.2) is 34.1 Å². The number of nitrogens with zero attached hydrogens (tertiary/aromatic N) is 1. The van der Waals surface area contributed by atoms with E-state index in [1.807, 2.05) is 0 Å². The number of benzene rings is 2. The Morgan fingerprint density at radius 2 is 1.96 bits per heavy atom. The molecule has 0 aliphatic rings. The minimum absolute atomic E-state index is 0.00557. The normalized spacial score (nSPS) is 10.0. The number of thiocarbonyl (C=S) groups is 1. The number of carboxylic acids is 1. The fraction of sp³-hybridized carbons (Fsp3) is 0.0625. The minimum Gasteiger partial charge on any atom is -0.490 e. The first-order valence-electron chi connectivity index (χ1n) is 7.20. The zero-order valence-electron chi connectivity index (χ0n) is 13.7. The number of methoxy groups -OCH3 is 1. The van der Waals surface area contributed by atoms with Gasteiger partial charge < -0.3 is 15.2 Å². The van der Waals surface area contributed by atoms with Crippen molar-refractivity contribution in [3.05, 3.63) is 62.7 Å². The van der Waals surface area contributed by atoms with Gasteiger partial charge in [0.15, 0.2) is 10.9 Å². The predicted molar refractivity (Wildman–Crippen MR) is 102 cm³/mol. The first-order chi connectivity index (χ1) is 12.7. The number of anilines is 1. The predicted octanol–water partition coefficient (Wildman–Crippen LogP) is 3.08. The topological polar surface area (TPSA) is 131 Å². The highest BCUT2D eigenvalue weighted by Gasteiger charge is 2.19. The van der Waals surface area contributed by atoms with E-state index in [0.717, 1.165) is 6.07 Å². The highest BCUT2D eigenvalue weighted by atomic mass is 35.5. The Labute approximate surface area is 163 Å². The molecular formula is C16H12ClN3O6S. The molecule has 0 spiro atoms. The van der Waals surface area contributed by atoms with Gasteiger partial charge in [0.25, 0.3) is 5.91 Å². The molecule has 0 aliphatic heterocycles. The van der Waals surface area contributed by atoms with Gasteiger partial charge in [-0.15, -0.1) is 0 Å². The lowest BCUT2D eigenvalue weighted by Crippen LogP contribution is -2.34. The van der Waals surface area contributed by atoms with E-state index in [0.29, 0.717) is 5.69 Å². The van der Waals surface area contributed by atoms with Gasteiger partial charge in [-0.3, -0.25) is 20.2 Å². The van der Waals surface area contributed by atoms with Crippen LogP contribution in [0.3, 0.4) is 0 Å². The molecule has 0 unspecified atom stereocenters. The van der Waals surface area contributed by atoms with Crippen molar-refractivity contribution in [2.45, 2.75) is 0 Å². The van der Waals surface area contributed by atoms with E-state index in [4.69, 9.17) is 33.7 Å². The summed E-state index contributed by atoms with van der Waals surface area (Å²) in [5.41, 5.74) is -0.216. The lowest BCUT2D eigenvalue weighted by Gasteiger charge is -2.11. The van der Waals surface area contributed by atoms with Crippen LogP contribution in [0.15, 0.2) is 36.4 Å². The maximum absolute atomic E-state index is 12.2. The number of nitrogens with one attached hydrogen (secondary N) is 2. The molecule has 0 heterocycles. The van der Waals surface area contributed by atoms with E-state index < -0.39 is 16.8 Å². The Hall–Kier alpha value is -3.24. The summed E-state index contributed by atoms with van der Waals surface area (Å²) in [5.74, 6) is -1.89. The molecule has 2 rings (SSSR count). The summed E-state index contributed by atoms with van der Waals surface area (Å²) in [6.07, 6.45) is 0. The third kappa shape index (κ3) is 4.90. The first-order valence-corrected chi connectivity index (χ1v) is 7.99. The molecule has 0 saturated carbocycles. The maximum Gasteiger partial charge on any atom is 0.337 e. The Morgan fingerprint density at radius 3 is 2.56 bits per heavy atom. The van der Waals surface area contributed by atoms with Crippen molar-refractivity contribution in [2.24, 2.45) is 0 Å². The quantitative estimate of drug-likeness (QED) is 0.390. The van der Waals surface area contributed by atoms with Crippen LogP contribution in [0.25, 0.3) is 0 Å². The van der Waals surface area contributed by atoms with Gasteiger partial charge in [-0.25, -0.2) is 4.79 Å². The number of rotatable bonds is 5. The van der Waals surface area contributed by atoms with E-state index in [1.54, 1.807) is 0 Å². The fourth-order valence-electron chi connectivity index (χ4n) is 2.08. The van der Waals surface area contributed by atoms with E-state index >= 15 is 0 Å². The number of carboxylic acid groups (broad SMARTS) is 1. The largest absolute Gasteiger partial charge is 0.490 e. The minimum atomic E-state index is -1.22. The van der Waals surface area contributed by atoms with Gasteiger partial charge >= 0.3 is 11.7 Å². The summed E-state index contributed by atoms with van der Waals surface area (Å²) in [5, 5.41) is 25.0. The summed E-state index contributed by atoms with van der Waals surface area (Å²) < 4.78 is 4.87. The lowest BCUT2D eigenvalue weighted by atomic mass is 10.1. The summed E-state index contributed by atoms with van der Waals surface area (Å²) >= 11 is 10.8. The Kier molecular flexibility index (Phi) is 6.27. The highest BCUT2D eigenvalue weighted by Crippen LogP contribution is 2.27. The van der Waals surface area contributed by atoms with E-state index in [2.05, 4.69) is 10.6 Å². The van der Waals surface area contributed by atoms with Crippen LogP contribution < -0.4 is 15.4 Å². The monoisotopic (exact) mass is 409 g/mol. The molecule has 0 aliphatic carbocycles. The zero-order chi connectivity index (χ0) is 20.1. The van der Waals surface area contributed by atoms with Crippen LogP contribution in [0.1, 0.15) is 20.7 Å². The molecule has 1 amide bonds. The molecule has 0 atom stereocenters. The van der Waals surface area contributed by atoms with E-state index in [1.165, 1.54) is 37.4 Å². The number of halogens is 1. The molecule has 0 fully saturated rings. The molecule has 2 aromatic rings. The fourth-order valence-corrected chi connectivity index (χ4v) is 2.49. The number of aromatic carboxylic acids is 1. The zero-order valence-corrected chi connectivity index (χ0v) is 15.3. The number of hydrogen-bond donors (Lipinski definition) is 3. The standard InChI is InChI=1S/C16H12ClN3O6S/c1-26-13-5-2-8(6-12(13)20(24)25)14(21)19-16(27)18-9-3-4-11(17)10(7-9)15(22)23/h2-7H,1H3,(H,22,23)(H2,18,19,21,27). The number of hydrogen-bond acceptors (Lipinski definition) is 6. The third-order valence-electron chi connectivity index (χ3n) is 3.32. The summed E-state index contributed by atoms with van der Waals surface area (Å²) in [7, 11) is 1.28. The van der Waals surface area contributed by atoms with E-state index in [9.17, 15) is 19.7 Å². The molecule has 2 aromatic carbocycles. The maximum atomic E-state index is 12.2. The molecule has 0 bridgehead atoms. The number of ether oxygens (including phenoxy) is 1. The SMILES string of the molecule is COc1ccc(C(=O)NC(=S)Nc2ccc(Cl)c(C(=O)O)c2)cc1[N+](=O)[O-]. The number of carbonyl (C=O) groups excluding carboxylic acids is 1. The van der Waals surface area contributed by atoms with Gasteiger partial charge in [-0.2, -0.15) is 0 Å². The Bertz CT molecular complexity index is 950. The van der Waals surface area contributed by atoms with Gasteiger partial charge in [0.05, 0.1) is 22.6 Å². The van der Waals surface area contributed by atoms with Crippen molar-refractivity contribution in [2.75, 3.05) is 12.4 Å². The summed E-state index contributed by atoms with van der Waals surface area (Å²) in [4.78, 5) is 33.7. The first kappa shape index (κ1) is 20.1.